The Hall–Kier alpha value is -3.27. The second-order valence-corrected chi connectivity index (χ2v) is 6.11. The first-order valence-corrected chi connectivity index (χ1v) is 8.08. The molecular formula is C21H17NO3. The third kappa shape index (κ3) is 2.83. The zero-order chi connectivity index (χ0) is 17.4. The van der Waals surface area contributed by atoms with Gasteiger partial charge in [-0.25, -0.2) is 4.79 Å². The number of aromatic carboxylic acids is 1. The van der Waals surface area contributed by atoms with E-state index in [-0.39, 0.29) is 5.56 Å². The number of ether oxygens (including phenoxy) is 1. The van der Waals surface area contributed by atoms with Gasteiger partial charge in [0.1, 0.15) is 12.4 Å². The molecule has 0 spiro atoms. The maximum atomic E-state index is 11.0. The Labute approximate surface area is 145 Å². The summed E-state index contributed by atoms with van der Waals surface area (Å²) in [5, 5.41) is 8.99. The number of benzene rings is 2. The Kier molecular flexibility index (Phi) is 3.65. The van der Waals surface area contributed by atoms with Gasteiger partial charge in [-0.05, 0) is 54.5 Å². The molecule has 3 aromatic rings. The highest BCUT2D eigenvalue weighted by atomic mass is 16.5. The topological polar surface area (TPSA) is 62.3 Å². The van der Waals surface area contributed by atoms with Crippen molar-refractivity contribution in [2.45, 2.75) is 6.92 Å². The van der Waals surface area contributed by atoms with Crippen molar-refractivity contribution in [2.75, 3.05) is 6.61 Å². The van der Waals surface area contributed by atoms with Crippen LogP contribution >= 0.6 is 0 Å². The van der Waals surface area contributed by atoms with Crippen LogP contribution in [0.25, 0.3) is 22.9 Å². The molecule has 4 rings (SSSR count). The van der Waals surface area contributed by atoms with Crippen molar-refractivity contribution in [3.8, 4) is 17.0 Å². The monoisotopic (exact) mass is 331 g/mol. The summed E-state index contributed by atoms with van der Waals surface area (Å²) in [5.41, 5.74) is 6.58. The molecule has 0 atom stereocenters. The molecule has 4 nitrogen and oxygen atoms in total. The number of carboxylic acid groups (broad SMARTS) is 1. The molecule has 0 unspecified atom stereocenters. The summed E-state index contributed by atoms with van der Waals surface area (Å²) in [6, 6.07) is 16.9. The van der Waals surface area contributed by atoms with Gasteiger partial charge in [0.2, 0.25) is 0 Å². The van der Waals surface area contributed by atoms with Gasteiger partial charge < -0.3 is 14.8 Å². The van der Waals surface area contributed by atoms with E-state index in [1.807, 2.05) is 36.4 Å². The number of aromatic nitrogens is 1. The Morgan fingerprint density at radius 2 is 1.80 bits per heavy atom. The molecule has 0 radical (unpaired) electrons. The molecule has 0 amide bonds. The second kappa shape index (κ2) is 5.98. The van der Waals surface area contributed by atoms with Gasteiger partial charge in [-0.3, -0.25) is 0 Å². The van der Waals surface area contributed by atoms with Crippen molar-refractivity contribution in [1.82, 2.24) is 4.98 Å². The first-order chi connectivity index (χ1) is 12.1. The minimum Gasteiger partial charge on any atom is -0.488 e. The van der Waals surface area contributed by atoms with Gasteiger partial charge >= 0.3 is 5.97 Å². The van der Waals surface area contributed by atoms with E-state index in [9.17, 15) is 4.79 Å². The summed E-state index contributed by atoms with van der Waals surface area (Å²) in [7, 11) is 0. The average Bonchev–Trinajstić information content (AvgIpc) is 3.12. The fourth-order valence-electron chi connectivity index (χ4n) is 3.03. The SMILES string of the molecule is Cc1cccc2c1C=C(c1ccc(-c3ccc(C(=O)O)cc3)[nH]1)CO2. The van der Waals surface area contributed by atoms with Gasteiger partial charge in [0.25, 0.3) is 0 Å². The molecule has 2 N–H and O–H groups in total. The number of carbonyl (C=O) groups is 1. The molecule has 25 heavy (non-hydrogen) atoms. The van der Waals surface area contributed by atoms with Crippen molar-refractivity contribution < 1.29 is 14.6 Å². The number of hydrogen-bond acceptors (Lipinski definition) is 2. The van der Waals surface area contributed by atoms with Gasteiger partial charge in [0.05, 0.1) is 5.56 Å². The third-order valence-corrected chi connectivity index (χ3v) is 4.46. The number of aromatic amines is 1. The van der Waals surface area contributed by atoms with Gasteiger partial charge in [0, 0.05) is 22.5 Å². The number of fused-ring (bicyclic) bond motifs is 1. The first kappa shape index (κ1) is 15.3. The van der Waals surface area contributed by atoms with Crippen molar-refractivity contribution in [3.05, 3.63) is 77.0 Å². The molecule has 2 aromatic carbocycles. The lowest BCUT2D eigenvalue weighted by Crippen LogP contribution is -2.07. The number of rotatable bonds is 3. The molecule has 0 fully saturated rings. The maximum absolute atomic E-state index is 11.0. The molecule has 1 aliphatic heterocycles. The predicted octanol–water partition coefficient (Wildman–Crippen LogP) is 4.62. The Bertz CT molecular complexity index is 981. The number of hydrogen-bond donors (Lipinski definition) is 2. The van der Waals surface area contributed by atoms with E-state index in [0.717, 1.165) is 33.8 Å². The van der Waals surface area contributed by atoms with Gasteiger partial charge in [0.15, 0.2) is 0 Å². The Morgan fingerprint density at radius 3 is 2.56 bits per heavy atom. The van der Waals surface area contributed by atoms with Crippen LogP contribution < -0.4 is 4.74 Å². The van der Waals surface area contributed by atoms with Crippen LogP contribution in [-0.4, -0.2) is 22.7 Å². The fraction of sp³-hybridized carbons (Fsp3) is 0.0952. The second-order valence-electron chi connectivity index (χ2n) is 6.11. The van der Waals surface area contributed by atoms with Crippen LogP contribution in [0.15, 0.2) is 54.6 Å². The summed E-state index contributed by atoms with van der Waals surface area (Å²) in [5.74, 6) is -0.00272. The Morgan fingerprint density at radius 1 is 1.04 bits per heavy atom. The quantitative estimate of drug-likeness (QED) is 0.736. The average molecular weight is 331 g/mol. The van der Waals surface area contributed by atoms with Crippen LogP contribution in [-0.2, 0) is 0 Å². The largest absolute Gasteiger partial charge is 0.488 e. The molecule has 0 bridgehead atoms. The van der Waals surface area contributed by atoms with E-state index < -0.39 is 5.97 Å². The van der Waals surface area contributed by atoms with Crippen molar-refractivity contribution >= 4 is 17.6 Å². The predicted molar refractivity (Wildman–Crippen MR) is 97.7 cm³/mol. The van der Waals surface area contributed by atoms with Crippen LogP contribution in [0.3, 0.4) is 0 Å². The van der Waals surface area contributed by atoms with Crippen molar-refractivity contribution in [3.63, 3.8) is 0 Å². The van der Waals surface area contributed by atoms with Crippen LogP contribution in [0.1, 0.15) is 27.2 Å². The van der Waals surface area contributed by atoms with E-state index in [4.69, 9.17) is 9.84 Å². The maximum Gasteiger partial charge on any atom is 0.335 e. The Balaban J connectivity index is 1.66. The van der Waals surface area contributed by atoms with Crippen molar-refractivity contribution in [1.29, 1.82) is 0 Å². The van der Waals surface area contributed by atoms with Crippen molar-refractivity contribution in [2.24, 2.45) is 0 Å². The van der Waals surface area contributed by atoms with Crippen LogP contribution in [0.5, 0.6) is 5.75 Å². The molecule has 1 aromatic heterocycles. The number of aryl methyl sites for hydroxylation is 1. The van der Waals surface area contributed by atoms with E-state index in [1.54, 1.807) is 12.1 Å². The molecule has 4 heteroatoms. The zero-order valence-corrected chi connectivity index (χ0v) is 13.7. The van der Waals surface area contributed by atoms with E-state index in [2.05, 4.69) is 24.1 Å². The van der Waals surface area contributed by atoms with Gasteiger partial charge in [-0.2, -0.15) is 0 Å². The zero-order valence-electron chi connectivity index (χ0n) is 13.7. The van der Waals surface area contributed by atoms with E-state index in [0.29, 0.717) is 6.61 Å². The van der Waals surface area contributed by atoms with Crippen LogP contribution in [0.4, 0.5) is 0 Å². The number of H-pyrrole nitrogens is 1. The highest BCUT2D eigenvalue weighted by Gasteiger charge is 2.15. The normalized spacial score (nSPS) is 12.9. The molecular weight excluding hydrogens is 314 g/mol. The van der Waals surface area contributed by atoms with Crippen LogP contribution in [0, 0.1) is 6.92 Å². The molecule has 0 saturated carbocycles. The lowest BCUT2D eigenvalue weighted by atomic mass is 10.0. The minimum absolute atomic E-state index is 0.283. The summed E-state index contributed by atoms with van der Waals surface area (Å²) in [6.45, 7) is 2.60. The standard InChI is InChI=1S/C21H17NO3/c1-13-3-2-4-20-17(13)11-16(12-25-20)19-10-9-18(22-19)14-5-7-15(8-6-14)21(23)24/h2-11,22H,12H2,1H3,(H,23,24). The highest BCUT2D eigenvalue weighted by molar-refractivity contribution is 5.89. The fourth-order valence-corrected chi connectivity index (χ4v) is 3.03. The molecule has 0 saturated heterocycles. The summed E-state index contributed by atoms with van der Waals surface area (Å²) < 4.78 is 5.87. The van der Waals surface area contributed by atoms with Gasteiger partial charge in [-0.1, -0.05) is 24.3 Å². The number of nitrogens with one attached hydrogen (secondary N) is 1. The molecule has 124 valence electrons. The lowest BCUT2D eigenvalue weighted by molar-refractivity contribution is 0.0697. The molecule has 2 heterocycles. The summed E-state index contributed by atoms with van der Waals surface area (Å²) in [4.78, 5) is 14.4. The smallest absolute Gasteiger partial charge is 0.335 e. The van der Waals surface area contributed by atoms with E-state index >= 15 is 0 Å². The minimum atomic E-state index is -0.919. The number of carboxylic acids is 1. The molecule has 1 aliphatic rings. The third-order valence-electron chi connectivity index (χ3n) is 4.46. The molecule has 0 aliphatic carbocycles. The highest BCUT2D eigenvalue weighted by Crippen LogP contribution is 2.33. The van der Waals surface area contributed by atoms with Crippen LogP contribution in [0.2, 0.25) is 0 Å². The first-order valence-electron chi connectivity index (χ1n) is 8.08. The van der Waals surface area contributed by atoms with E-state index in [1.165, 1.54) is 5.56 Å². The van der Waals surface area contributed by atoms with Gasteiger partial charge in [-0.15, -0.1) is 0 Å². The summed E-state index contributed by atoms with van der Waals surface area (Å²) in [6.07, 6.45) is 2.16. The summed E-state index contributed by atoms with van der Waals surface area (Å²) >= 11 is 0. The lowest BCUT2D eigenvalue weighted by Gasteiger charge is -2.18.